The molecule has 1 unspecified atom stereocenters. The van der Waals surface area contributed by atoms with Gasteiger partial charge in [0.15, 0.2) is 0 Å². The van der Waals surface area contributed by atoms with Gasteiger partial charge in [0.2, 0.25) is 15.9 Å². The lowest BCUT2D eigenvalue weighted by Gasteiger charge is -2.25. The molecule has 2 rings (SSSR count). The van der Waals surface area contributed by atoms with Gasteiger partial charge < -0.3 is 45.2 Å². The molecule has 6 N–H and O–H groups in total. The maximum atomic E-state index is 12.9. The minimum absolute atomic E-state index is 0.0371. The van der Waals surface area contributed by atoms with E-state index in [0.717, 1.165) is 5.56 Å². The maximum Gasteiger partial charge on any atom is 0.407 e. The van der Waals surface area contributed by atoms with E-state index in [1.807, 2.05) is 30.3 Å². The molecule has 0 aliphatic heterocycles. The zero-order valence-corrected chi connectivity index (χ0v) is 30.0. The van der Waals surface area contributed by atoms with Gasteiger partial charge in [-0.05, 0) is 68.9 Å². The Kier molecular flexibility index (Phi) is 19.3. The van der Waals surface area contributed by atoms with E-state index in [1.54, 1.807) is 26.0 Å². The Morgan fingerprint density at radius 1 is 0.820 bits per heavy atom. The van der Waals surface area contributed by atoms with E-state index < -0.39 is 34.2 Å². The predicted octanol–water partition coefficient (Wildman–Crippen LogP) is 2.42. The molecule has 0 spiro atoms. The standard InChI is InChI=1S/C34H52N4O11S/c1-26-22-29(23-27(2)31(26)50(43,44)38-34(3,25-35)32(40)41)48-17-7-12-30(39)36-13-8-15-45-18-20-47-21-19-46-16-9-14-37-33(42)49-24-28-10-5-4-6-11-28/h4-6,10-11,22-23,38H,7-9,12-21,24-25,35H2,1-3H3,(H,36,39)(H,37,42)(H,40,41). The van der Waals surface area contributed by atoms with Crippen LogP contribution in [0.1, 0.15) is 49.3 Å². The average Bonchev–Trinajstić information content (AvgIpc) is 3.07. The van der Waals surface area contributed by atoms with Crippen LogP contribution in [0.15, 0.2) is 47.4 Å². The molecule has 0 heterocycles. The van der Waals surface area contributed by atoms with Gasteiger partial charge in [-0.1, -0.05) is 30.3 Å². The molecule has 0 bridgehead atoms. The average molecular weight is 725 g/mol. The van der Waals surface area contributed by atoms with Gasteiger partial charge in [0.1, 0.15) is 17.9 Å². The van der Waals surface area contributed by atoms with Crippen molar-refractivity contribution in [2.75, 3.05) is 65.9 Å². The Morgan fingerprint density at radius 3 is 1.94 bits per heavy atom. The van der Waals surface area contributed by atoms with Crippen molar-refractivity contribution in [2.24, 2.45) is 5.73 Å². The summed E-state index contributed by atoms with van der Waals surface area (Å²) in [6.07, 6.45) is 1.57. The number of carboxylic acids is 1. The number of sulfonamides is 1. The Morgan fingerprint density at radius 2 is 1.38 bits per heavy atom. The molecule has 2 aromatic rings. The Bertz CT molecular complexity index is 1420. The lowest BCUT2D eigenvalue weighted by atomic mass is 10.1. The molecule has 0 saturated heterocycles. The van der Waals surface area contributed by atoms with E-state index >= 15 is 0 Å². The highest BCUT2D eigenvalue weighted by Crippen LogP contribution is 2.27. The summed E-state index contributed by atoms with van der Waals surface area (Å²) in [7, 11) is -4.17. The highest BCUT2D eigenvalue weighted by Gasteiger charge is 2.37. The number of aliphatic carboxylic acids is 1. The van der Waals surface area contributed by atoms with Gasteiger partial charge in [-0.15, -0.1) is 0 Å². The van der Waals surface area contributed by atoms with Gasteiger partial charge in [0.25, 0.3) is 0 Å². The predicted molar refractivity (Wildman–Crippen MR) is 185 cm³/mol. The van der Waals surface area contributed by atoms with Crippen molar-refractivity contribution in [1.82, 2.24) is 15.4 Å². The zero-order valence-electron chi connectivity index (χ0n) is 29.2. The van der Waals surface area contributed by atoms with Gasteiger partial charge in [0.05, 0.1) is 37.9 Å². The van der Waals surface area contributed by atoms with Crippen molar-refractivity contribution in [3.8, 4) is 5.75 Å². The van der Waals surface area contributed by atoms with Crippen LogP contribution in [0.4, 0.5) is 4.79 Å². The molecule has 0 saturated carbocycles. The van der Waals surface area contributed by atoms with Gasteiger partial charge in [-0.3, -0.25) is 9.59 Å². The number of rotatable bonds is 26. The number of alkyl carbamates (subject to hydrolysis) is 1. The number of carbonyl (C=O) groups is 3. The third kappa shape index (κ3) is 16.3. The molecule has 50 heavy (non-hydrogen) atoms. The van der Waals surface area contributed by atoms with Gasteiger partial charge in [-0.2, -0.15) is 4.72 Å². The topological polar surface area (TPSA) is 214 Å². The Labute approximate surface area is 294 Å². The van der Waals surface area contributed by atoms with E-state index in [0.29, 0.717) is 88.9 Å². The van der Waals surface area contributed by atoms with E-state index in [2.05, 4.69) is 15.4 Å². The molecule has 0 aliphatic rings. The summed E-state index contributed by atoms with van der Waals surface area (Å²) < 4.78 is 55.4. The Balaban J connectivity index is 1.44. The molecular formula is C34H52N4O11S. The maximum absolute atomic E-state index is 12.9. The minimum atomic E-state index is -4.17. The summed E-state index contributed by atoms with van der Waals surface area (Å²) in [5.41, 5.74) is 5.35. The van der Waals surface area contributed by atoms with Crippen LogP contribution in [0, 0.1) is 13.8 Å². The fourth-order valence-electron chi connectivity index (χ4n) is 4.53. The van der Waals surface area contributed by atoms with Gasteiger partial charge in [0, 0.05) is 39.3 Å². The van der Waals surface area contributed by atoms with E-state index in [-0.39, 0.29) is 30.4 Å². The highest BCUT2D eigenvalue weighted by atomic mass is 32.2. The summed E-state index contributed by atoms with van der Waals surface area (Å²) in [6.45, 7) is 8.08. The summed E-state index contributed by atoms with van der Waals surface area (Å²) in [6, 6.07) is 12.6. The van der Waals surface area contributed by atoms with Crippen molar-refractivity contribution in [1.29, 1.82) is 0 Å². The molecule has 2 aromatic carbocycles. The normalized spacial score (nSPS) is 12.6. The van der Waals surface area contributed by atoms with Crippen LogP contribution < -0.4 is 25.8 Å². The minimum Gasteiger partial charge on any atom is -0.494 e. The number of hydrogen-bond donors (Lipinski definition) is 5. The molecular weight excluding hydrogens is 672 g/mol. The molecule has 0 aromatic heterocycles. The number of nitrogens with one attached hydrogen (secondary N) is 3. The largest absolute Gasteiger partial charge is 0.494 e. The van der Waals surface area contributed by atoms with Crippen LogP contribution in [0.3, 0.4) is 0 Å². The number of ether oxygens (including phenoxy) is 5. The molecule has 15 nitrogen and oxygen atoms in total. The SMILES string of the molecule is Cc1cc(OCCCC(=O)NCCCOCCOCCOCCCNC(=O)OCc2ccccc2)cc(C)c1S(=O)(=O)NC(C)(CN)C(=O)O. The fraction of sp³-hybridized carbons (Fsp3) is 0.559. The summed E-state index contributed by atoms with van der Waals surface area (Å²) in [5, 5.41) is 14.9. The van der Waals surface area contributed by atoms with Crippen LogP contribution in [-0.4, -0.2) is 103 Å². The molecule has 0 fully saturated rings. The van der Waals surface area contributed by atoms with Crippen molar-refractivity contribution in [3.05, 3.63) is 59.2 Å². The van der Waals surface area contributed by atoms with Gasteiger partial charge >= 0.3 is 12.1 Å². The van der Waals surface area contributed by atoms with Crippen molar-refractivity contribution < 1.29 is 51.6 Å². The van der Waals surface area contributed by atoms with E-state index in [1.165, 1.54) is 6.92 Å². The first-order chi connectivity index (χ1) is 23.9. The summed E-state index contributed by atoms with van der Waals surface area (Å²) in [5.74, 6) is -1.05. The quantitative estimate of drug-likeness (QED) is 0.0885. The smallest absolute Gasteiger partial charge is 0.407 e. The van der Waals surface area contributed by atoms with E-state index in [4.69, 9.17) is 29.4 Å². The van der Waals surface area contributed by atoms with Crippen LogP contribution in [0.25, 0.3) is 0 Å². The molecule has 1 atom stereocenters. The van der Waals surface area contributed by atoms with Crippen molar-refractivity contribution in [2.45, 2.75) is 63.5 Å². The second-order valence-electron chi connectivity index (χ2n) is 11.7. The van der Waals surface area contributed by atoms with Crippen LogP contribution in [-0.2, 0) is 45.2 Å². The second kappa shape index (κ2) is 22.8. The lowest BCUT2D eigenvalue weighted by Crippen LogP contribution is -2.57. The fourth-order valence-corrected chi connectivity index (χ4v) is 6.36. The molecule has 2 amide bonds. The molecule has 16 heteroatoms. The first-order valence-corrected chi connectivity index (χ1v) is 18.0. The highest BCUT2D eigenvalue weighted by molar-refractivity contribution is 7.89. The number of hydrogen-bond acceptors (Lipinski definition) is 11. The number of benzene rings is 2. The van der Waals surface area contributed by atoms with Gasteiger partial charge in [-0.25, -0.2) is 13.2 Å². The zero-order chi connectivity index (χ0) is 36.8. The Hall–Kier alpha value is -3.80. The first kappa shape index (κ1) is 42.4. The second-order valence-corrected chi connectivity index (χ2v) is 13.3. The summed E-state index contributed by atoms with van der Waals surface area (Å²) >= 11 is 0. The summed E-state index contributed by atoms with van der Waals surface area (Å²) in [4.78, 5) is 35.3. The van der Waals surface area contributed by atoms with Crippen LogP contribution in [0.2, 0.25) is 0 Å². The number of carbonyl (C=O) groups excluding carboxylic acids is 2. The number of carboxylic acid groups (broad SMARTS) is 1. The molecule has 0 radical (unpaired) electrons. The number of amides is 2. The third-order valence-electron chi connectivity index (χ3n) is 7.24. The first-order valence-electron chi connectivity index (χ1n) is 16.5. The number of nitrogens with two attached hydrogens (primary N) is 1. The third-order valence-corrected chi connectivity index (χ3v) is 9.14. The molecule has 280 valence electrons. The van der Waals surface area contributed by atoms with E-state index in [9.17, 15) is 27.9 Å². The van der Waals surface area contributed by atoms with Crippen molar-refractivity contribution >= 4 is 28.0 Å². The van der Waals surface area contributed by atoms with Crippen LogP contribution in [0.5, 0.6) is 5.75 Å². The van der Waals surface area contributed by atoms with Crippen molar-refractivity contribution in [3.63, 3.8) is 0 Å². The monoisotopic (exact) mass is 724 g/mol. The van der Waals surface area contributed by atoms with Crippen LogP contribution >= 0.6 is 0 Å². The molecule has 0 aliphatic carbocycles. The number of aryl methyl sites for hydroxylation is 2. The lowest BCUT2D eigenvalue weighted by molar-refractivity contribution is -0.142.